The van der Waals surface area contributed by atoms with Gasteiger partial charge in [-0.3, -0.25) is 0 Å². The Morgan fingerprint density at radius 3 is 2.17 bits per heavy atom. The summed E-state index contributed by atoms with van der Waals surface area (Å²) in [6, 6.07) is 16.7. The average Bonchev–Trinajstić information content (AvgIpc) is 3.13. The molecule has 8 nitrogen and oxygen atoms in total. The van der Waals surface area contributed by atoms with Gasteiger partial charge in [0, 0.05) is 0 Å². The molecule has 0 saturated carbocycles. The van der Waals surface area contributed by atoms with E-state index in [-0.39, 0.29) is 22.6 Å². The Labute approximate surface area is 173 Å². The van der Waals surface area contributed by atoms with E-state index in [0.717, 1.165) is 0 Å². The van der Waals surface area contributed by atoms with Gasteiger partial charge in [-0.15, -0.1) is 0 Å². The van der Waals surface area contributed by atoms with Crippen LogP contribution in [-0.2, 0) is 0 Å². The van der Waals surface area contributed by atoms with Gasteiger partial charge >= 0.3 is 0 Å². The second kappa shape index (κ2) is 8.72. The number of hydrogen-bond donors (Lipinski definition) is 1. The number of para-hydroxylation sites is 1. The fourth-order valence-electron chi connectivity index (χ4n) is 3.00. The maximum atomic E-state index is 9.78. The Morgan fingerprint density at radius 1 is 1.03 bits per heavy atom. The first-order valence-electron chi connectivity index (χ1n) is 8.84. The topological polar surface area (TPSA) is 119 Å². The predicted octanol–water partition coefficient (Wildman–Crippen LogP) is 3.42. The Bertz CT molecular complexity index is 1160. The van der Waals surface area contributed by atoms with E-state index in [0.29, 0.717) is 28.5 Å². The van der Waals surface area contributed by atoms with Crippen LogP contribution >= 0.6 is 0 Å². The third-order valence-electron chi connectivity index (χ3n) is 4.41. The molecule has 0 atom stereocenters. The Hall–Kier alpha value is -4.43. The molecule has 2 N–H and O–H groups in total. The zero-order chi connectivity index (χ0) is 21.7. The van der Waals surface area contributed by atoms with E-state index >= 15 is 0 Å². The Morgan fingerprint density at radius 2 is 1.67 bits per heavy atom. The molecule has 8 heteroatoms. The van der Waals surface area contributed by atoms with Gasteiger partial charge in [0.05, 0.1) is 32.6 Å². The second-order valence-electron chi connectivity index (χ2n) is 6.10. The van der Waals surface area contributed by atoms with Crippen LogP contribution < -0.4 is 19.9 Å². The molecule has 0 saturated heterocycles. The van der Waals surface area contributed by atoms with Crippen molar-refractivity contribution >= 4 is 17.5 Å². The van der Waals surface area contributed by atoms with Crippen molar-refractivity contribution in [1.29, 1.82) is 10.5 Å². The molecular weight excluding hydrogens is 382 g/mol. The molecule has 0 unspecified atom stereocenters. The van der Waals surface area contributed by atoms with Gasteiger partial charge in [0.1, 0.15) is 29.2 Å². The largest absolute Gasteiger partial charge is 0.493 e. The summed E-state index contributed by atoms with van der Waals surface area (Å²) in [5.74, 6) is 1.47. The van der Waals surface area contributed by atoms with E-state index in [9.17, 15) is 10.5 Å². The minimum Gasteiger partial charge on any atom is -0.493 e. The van der Waals surface area contributed by atoms with Gasteiger partial charge in [0.25, 0.3) is 0 Å². The summed E-state index contributed by atoms with van der Waals surface area (Å²) >= 11 is 0. The highest BCUT2D eigenvalue weighted by Crippen LogP contribution is 2.39. The first kappa shape index (κ1) is 20.3. The number of anilines is 1. The number of methoxy groups -OCH3 is 3. The zero-order valence-electron chi connectivity index (χ0n) is 16.7. The zero-order valence-corrected chi connectivity index (χ0v) is 16.7. The molecular formula is C22H19N5O3. The molecule has 3 aromatic rings. The molecule has 0 amide bonds. The molecule has 0 radical (unpaired) electrons. The Balaban J connectivity index is 2.17. The van der Waals surface area contributed by atoms with Crippen molar-refractivity contribution in [3.05, 3.63) is 59.3 Å². The monoisotopic (exact) mass is 401 g/mol. The lowest BCUT2D eigenvalue weighted by atomic mass is 10.1. The molecule has 3 rings (SSSR count). The number of nitriles is 2. The molecule has 2 aromatic carbocycles. The van der Waals surface area contributed by atoms with Crippen molar-refractivity contribution in [3.8, 4) is 35.1 Å². The fraction of sp³-hybridized carbons (Fsp3) is 0.136. The van der Waals surface area contributed by atoms with Crippen molar-refractivity contribution in [2.75, 3.05) is 27.1 Å². The van der Waals surface area contributed by atoms with Gasteiger partial charge < -0.3 is 19.9 Å². The van der Waals surface area contributed by atoms with Crippen LogP contribution in [-0.4, -0.2) is 31.1 Å². The number of nitrogens with zero attached hydrogens (tertiary/aromatic N) is 4. The first-order chi connectivity index (χ1) is 14.6. The molecule has 0 aliphatic carbocycles. The highest BCUT2D eigenvalue weighted by Gasteiger charge is 2.20. The molecule has 0 bridgehead atoms. The number of benzene rings is 2. The number of ether oxygens (including phenoxy) is 3. The van der Waals surface area contributed by atoms with Crippen LogP contribution in [0.15, 0.2) is 42.5 Å². The van der Waals surface area contributed by atoms with Crippen LogP contribution in [0.2, 0.25) is 0 Å². The lowest BCUT2D eigenvalue weighted by molar-refractivity contribution is 0.324. The molecule has 0 aliphatic heterocycles. The van der Waals surface area contributed by atoms with Crippen molar-refractivity contribution in [3.63, 3.8) is 0 Å². The van der Waals surface area contributed by atoms with Crippen molar-refractivity contribution < 1.29 is 14.2 Å². The lowest BCUT2D eigenvalue weighted by Crippen LogP contribution is -2.02. The first-order valence-corrected chi connectivity index (χ1v) is 8.84. The molecule has 0 spiro atoms. The minimum absolute atomic E-state index is 0.124. The van der Waals surface area contributed by atoms with E-state index in [4.69, 9.17) is 19.9 Å². The van der Waals surface area contributed by atoms with E-state index in [1.54, 1.807) is 18.2 Å². The number of nitrogens with two attached hydrogens (primary N) is 1. The lowest BCUT2D eigenvalue weighted by Gasteiger charge is -2.13. The number of rotatable bonds is 6. The van der Waals surface area contributed by atoms with Gasteiger partial charge in [-0.1, -0.05) is 18.2 Å². The summed E-state index contributed by atoms with van der Waals surface area (Å²) < 4.78 is 17.5. The van der Waals surface area contributed by atoms with E-state index in [1.807, 2.05) is 36.4 Å². The summed E-state index contributed by atoms with van der Waals surface area (Å²) in [5, 5.41) is 23.8. The maximum absolute atomic E-state index is 9.78. The smallest absolute Gasteiger partial charge is 0.203 e. The van der Waals surface area contributed by atoms with Gasteiger partial charge in [-0.05, 0) is 35.9 Å². The summed E-state index contributed by atoms with van der Waals surface area (Å²) in [6.45, 7) is 0. The normalized spacial score (nSPS) is 10.8. The summed E-state index contributed by atoms with van der Waals surface area (Å²) in [4.78, 5) is 0. The highest BCUT2D eigenvalue weighted by molar-refractivity contribution is 5.92. The number of nitrogen functional groups attached to an aromatic ring is 1. The van der Waals surface area contributed by atoms with Gasteiger partial charge in [-0.25, -0.2) is 4.68 Å². The van der Waals surface area contributed by atoms with Crippen LogP contribution in [0.5, 0.6) is 17.2 Å². The minimum atomic E-state index is 0.124. The second-order valence-corrected chi connectivity index (χ2v) is 6.10. The standard InChI is InChI=1S/C22H19N5O3/c1-28-18-10-14(11-19(29-2)21(18)30-3)9-15(12-23)20-17(13-24)22(25)27(26-20)16-7-5-4-6-8-16/h4-11H,25H2,1-3H3/b15-9+. The number of allylic oxidation sites excluding steroid dienone is 1. The molecule has 30 heavy (non-hydrogen) atoms. The van der Waals surface area contributed by atoms with Gasteiger partial charge in [0.15, 0.2) is 11.5 Å². The van der Waals surface area contributed by atoms with Crippen LogP contribution in [0.25, 0.3) is 17.3 Å². The van der Waals surface area contributed by atoms with Crippen LogP contribution in [0.4, 0.5) is 5.82 Å². The molecule has 1 aromatic heterocycles. The highest BCUT2D eigenvalue weighted by atomic mass is 16.5. The van der Waals surface area contributed by atoms with Crippen molar-refractivity contribution in [1.82, 2.24) is 9.78 Å². The SMILES string of the molecule is COc1cc(/C=C(\C#N)c2nn(-c3ccccc3)c(N)c2C#N)cc(OC)c1OC. The molecule has 1 heterocycles. The molecule has 0 aliphatic rings. The molecule has 150 valence electrons. The summed E-state index contributed by atoms with van der Waals surface area (Å²) in [7, 11) is 4.52. The molecule has 0 fully saturated rings. The quantitative estimate of drug-likeness (QED) is 0.629. The fourth-order valence-corrected chi connectivity index (χ4v) is 3.00. The van der Waals surface area contributed by atoms with Gasteiger partial charge in [0.2, 0.25) is 5.75 Å². The Kier molecular flexibility index (Phi) is 5.90. The number of hydrogen-bond acceptors (Lipinski definition) is 7. The van der Waals surface area contributed by atoms with E-state index in [1.165, 1.54) is 26.0 Å². The van der Waals surface area contributed by atoms with Crippen molar-refractivity contribution in [2.45, 2.75) is 0 Å². The third-order valence-corrected chi connectivity index (χ3v) is 4.41. The number of aromatic nitrogens is 2. The van der Waals surface area contributed by atoms with Crippen molar-refractivity contribution in [2.24, 2.45) is 0 Å². The van der Waals surface area contributed by atoms with Gasteiger partial charge in [-0.2, -0.15) is 15.6 Å². The maximum Gasteiger partial charge on any atom is 0.203 e. The summed E-state index contributed by atoms with van der Waals surface area (Å²) in [6.07, 6.45) is 1.59. The van der Waals surface area contributed by atoms with E-state index < -0.39 is 0 Å². The summed E-state index contributed by atoms with van der Waals surface area (Å²) in [5.41, 5.74) is 7.92. The van der Waals surface area contributed by atoms with Crippen LogP contribution in [0, 0.1) is 22.7 Å². The third kappa shape index (κ3) is 3.62. The van der Waals surface area contributed by atoms with E-state index in [2.05, 4.69) is 11.2 Å². The van der Waals surface area contributed by atoms with Crippen LogP contribution in [0.1, 0.15) is 16.8 Å². The predicted molar refractivity (Wildman–Crippen MR) is 112 cm³/mol. The average molecular weight is 401 g/mol. The van der Waals surface area contributed by atoms with Crippen LogP contribution in [0.3, 0.4) is 0 Å².